The molecule has 0 aliphatic carbocycles. The number of rotatable bonds is 7. The molecule has 1 aliphatic heterocycles. The van der Waals surface area contributed by atoms with Gasteiger partial charge in [0.05, 0.1) is 6.54 Å². The second-order valence-electron chi connectivity index (χ2n) is 8.73. The zero-order valence-electron chi connectivity index (χ0n) is 19.7. The topological polar surface area (TPSA) is 96.3 Å². The van der Waals surface area contributed by atoms with E-state index in [4.69, 9.17) is 0 Å². The van der Waals surface area contributed by atoms with Gasteiger partial charge in [0.2, 0.25) is 5.91 Å². The Bertz CT molecular complexity index is 1200. The molecule has 1 atom stereocenters. The largest absolute Gasteiger partial charge is 0.350 e. The number of hydrogen-bond donors (Lipinski definition) is 2. The predicted octanol–water partition coefficient (Wildman–Crippen LogP) is 2.54. The van der Waals surface area contributed by atoms with Gasteiger partial charge < -0.3 is 15.5 Å². The van der Waals surface area contributed by atoms with Gasteiger partial charge in [-0.3, -0.25) is 19.1 Å². The fourth-order valence-electron chi connectivity index (χ4n) is 3.97. The first-order valence-electron chi connectivity index (χ1n) is 11.4. The Morgan fingerprint density at radius 2 is 1.59 bits per heavy atom. The number of aryl methyl sites for hydroxylation is 1. The molecule has 0 saturated heterocycles. The zero-order valence-corrected chi connectivity index (χ0v) is 19.7. The summed E-state index contributed by atoms with van der Waals surface area (Å²) in [5.41, 5.74) is 2.47. The second kappa shape index (κ2) is 9.51. The average Bonchev–Trinajstić information content (AvgIpc) is 3.29. The van der Waals surface area contributed by atoms with Gasteiger partial charge in [-0.25, -0.2) is 0 Å². The molecule has 34 heavy (non-hydrogen) atoms. The van der Waals surface area contributed by atoms with Crippen LogP contribution in [0.25, 0.3) is 0 Å². The SMILES string of the molecule is CCc1ccc(CNC(=O)c2cc3n(n2)CC(C)(C(=O)NCc2ccccc2)N(C)C3=O)cc1. The van der Waals surface area contributed by atoms with Crippen LogP contribution in [0.5, 0.6) is 0 Å². The molecule has 1 unspecified atom stereocenters. The van der Waals surface area contributed by atoms with Gasteiger partial charge in [-0.15, -0.1) is 0 Å². The van der Waals surface area contributed by atoms with Crippen LogP contribution < -0.4 is 10.6 Å². The summed E-state index contributed by atoms with van der Waals surface area (Å²) in [6.07, 6.45) is 0.957. The van der Waals surface area contributed by atoms with E-state index in [0.717, 1.165) is 17.5 Å². The maximum atomic E-state index is 13.1. The highest BCUT2D eigenvalue weighted by Crippen LogP contribution is 2.26. The van der Waals surface area contributed by atoms with Crippen LogP contribution in [0.15, 0.2) is 60.7 Å². The first-order valence-corrected chi connectivity index (χ1v) is 11.4. The van der Waals surface area contributed by atoms with E-state index in [-0.39, 0.29) is 35.7 Å². The van der Waals surface area contributed by atoms with Crippen LogP contribution in [0, 0.1) is 0 Å². The Hall–Kier alpha value is -3.94. The molecule has 8 nitrogen and oxygen atoms in total. The van der Waals surface area contributed by atoms with Crippen LogP contribution in [0.1, 0.15) is 51.5 Å². The monoisotopic (exact) mass is 459 g/mol. The van der Waals surface area contributed by atoms with Gasteiger partial charge in [0.25, 0.3) is 11.8 Å². The minimum atomic E-state index is -1.14. The Morgan fingerprint density at radius 1 is 0.971 bits per heavy atom. The molecule has 8 heteroatoms. The fourth-order valence-corrected chi connectivity index (χ4v) is 3.97. The maximum absolute atomic E-state index is 13.1. The summed E-state index contributed by atoms with van der Waals surface area (Å²) in [5.74, 6) is -1.01. The number of likely N-dealkylation sites (N-methyl/N-ethyl adjacent to an activating group) is 1. The van der Waals surface area contributed by atoms with E-state index in [2.05, 4.69) is 22.7 Å². The smallest absolute Gasteiger partial charge is 0.272 e. The summed E-state index contributed by atoms with van der Waals surface area (Å²) in [6.45, 7) is 4.66. The van der Waals surface area contributed by atoms with Gasteiger partial charge in [0.15, 0.2) is 5.69 Å². The molecule has 1 aliphatic rings. The third kappa shape index (κ3) is 4.57. The molecule has 0 saturated carbocycles. The van der Waals surface area contributed by atoms with E-state index >= 15 is 0 Å². The van der Waals surface area contributed by atoms with Crippen molar-refractivity contribution in [3.05, 3.63) is 88.7 Å². The molecular weight excluding hydrogens is 430 g/mol. The molecule has 2 heterocycles. The Morgan fingerprint density at radius 3 is 2.26 bits per heavy atom. The lowest BCUT2D eigenvalue weighted by atomic mass is 9.96. The molecule has 0 radical (unpaired) electrons. The molecule has 176 valence electrons. The number of nitrogens with zero attached hydrogens (tertiary/aromatic N) is 3. The standard InChI is InChI=1S/C26H29N5O3/c1-4-18-10-12-20(13-11-18)15-27-23(32)21-14-22-24(33)30(3)26(2,17-31(22)29-21)25(34)28-16-19-8-6-5-7-9-19/h5-14H,4,15-17H2,1-3H3,(H,27,32)(H,28,34). The number of carbonyl (C=O) groups excluding carboxylic acids is 3. The quantitative estimate of drug-likeness (QED) is 0.568. The van der Waals surface area contributed by atoms with Gasteiger partial charge in [-0.2, -0.15) is 5.10 Å². The minimum absolute atomic E-state index is 0.149. The summed E-state index contributed by atoms with van der Waals surface area (Å²) >= 11 is 0. The molecule has 1 aromatic heterocycles. The van der Waals surface area contributed by atoms with Crippen LogP contribution >= 0.6 is 0 Å². The molecule has 0 spiro atoms. The fraction of sp³-hybridized carbons (Fsp3) is 0.308. The lowest BCUT2D eigenvalue weighted by Gasteiger charge is -2.40. The van der Waals surface area contributed by atoms with Crippen molar-refractivity contribution in [2.45, 2.75) is 45.4 Å². The first kappa shape index (κ1) is 23.2. The summed E-state index contributed by atoms with van der Waals surface area (Å²) in [4.78, 5) is 40.2. The van der Waals surface area contributed by atoms with Crippen molar-refractivity contribution in [1.82, 2.24) is 25.3 Å². The van der Waals surface area contributed by atoms with Gasteiger partial charge in [0, 0.05) is 26.2 Å². The van der Waals surface area contributed by atoms with E-state index in [1.165, 1.54) is 21.2 Å². The zero-order chi connectivity index (χ0) is 24.3. The van der Waals surface area contributed by atoms with Crippen molar-refractivity contribution in [2.24, 2.45) is 0 Å². The summed E-state index contributed by atoms with van der Waals surface area (Å²) in [6, 6.07) is 19.1. The van der Waals surface area contributed by atoms with Gasteiger partial charge >= 0.3 is 0 Å². The van der Waals surface area contributed by atoms with Gasteiger partial charge in [-0.1, -0.05) is 61.5 Å². The number of hydrogen-bond acceptors (Lipinski definition) is 4. The highest BCUT2D eigenvalue weighted by atomic mass is 16.2. The van der Waals surface area contributed by atoms with Crippen molar-refractivity contribution in [3.8, 4) is 0 Å². The summed E-state index contributed by atoms with van der Waals surface area (Å²) < 4.78 is 1.45. The van der Waals surface area contributed by atoms with Crippen LogP contribution in [-0.4, -0.2) is 45.0 Å². The van der Waals surface area contributed by atoms with E-state index < -0.39 is 5.54 Å². The average molecular weight is 460 g/mol. The van der Waals surface area contributed by atoms with Crippen molar-refractivity contribution < 1.29 is 14.4 Å². The number of carbonyl (C=O) groups is 3. The van der Waals surface area contributed by atoms with Crippen LogP contribution in [0.2, 0.25) is 0 Å². The third-order valence-electron chi connectivity index (χ3n) is 6.40. The van der Waals surface area contributed by atoms with Crippen molar-refractivity contribution >= 4 is 17.7 Å². The molecule has 3 amide bonds. The Balaban J connectivity index is 1.45. The highest BCUT2D eigenvalue weighted by molar-refractivity contribution is 6.01. The van der Waals surface area contributed by atoms with Gasteiger partial charge in [-0.05, 0) is 30.0 Å². The Kier molecular flexibility index (Phi) is 6.49. The van der Waals surface area contributed by atoms with E-state index in [1.54, 1.807) is 14.0 Å². The molecule has 2 N–H and O–H groups in total. The van der Waals surface area contributed by atoms with Crippen LogP contribution in [0.3, 0.4) is 0 Å². The maximum Gasteiger partial charge on any atom is 0.272 e. The molecular formula is C26H29N5O3. The number of nitrogens with one attached hydrogen (secondary N) is 2. The second-order valence-corrected chi connectivity index (χ2v) is 8.73. The lowest BCUT2D eigenvalue weighted by Crippen LogP contribution is -2.62. The minimum Gasteiger partial charge on any atom is -0.350 e. The molecule has 2 aromatic carbocycles. The normalized spacial score (nSPS) is 17.3. The van der Waals surface area contributed by atoms with Gasteiger partial charge in [0.1, 0.15) is 11.2 Å². The van der Waals surface area contributed by atoms with E-state index in [0.29, 0.717) is 13.1 Å². The number of amides is 3. The number of aromatic nitrogens is 2. The van der Waals surface area contributed by atoms with Crippen LogP contribution in [-0.2, 0) is 30.8 Å². The third-order valence-corrected chi connectivity index (χ3v) is 6.40. The highest BCUT2D eigenvalue weighted by Gasteiger charge is 2.46. The first-order chi connectivity index (χ1) is 16.3. The summed E-state index contributed by atoms with van der Waals surface area (Å²) in [7, 11) is 1.60. The van der Waals surface area contributed by atoms with Crippen molar-refractivity contribution in [1.29, 1.82) is 0 Å². The number of benzene rings is 2. The number of fused-ring (bicyclic) bond motifs is 1. The molecule has 0 fully saturated rings. The van der Waals surface area contributed by atoms with Crippen molar-refractivity contribution in [3.63, 3.8) is 0 Å². The molecule has 0 bridgehead atoms. The molecule has 3 aromatic rings. The van der Waals surface area contributed by atoms with E-state index in [1.807, 2.05) is 54.6 Å². The van der Waals surface area contributed by atoms with Crippen LogP contribution in [0.4, 0.5) is 0 Å². The Labute approximate surface area is 199 Å². The van der Waals surface area contributed by atoms with Crippen molar-refractivity contribution in [2.75, 3.05) is 7.05 Å². The van der Waals surface area contributed by atoms with E-state index in [9.17, 15) is 14.4 Å². The summed E-state index contributed by atoms with van der Waals surface area (Å²) in [5, 5.41) is 10.1. The molecule has 4 rings (SSSR count). The lowest BCUT2D eigenvalue weighted by molar-refractivity contribution is -0.132. The predicted molar refractivity (Wildman–Crippen MR) is 128 cm³/mol.